The van der Waals surface area contributed by atoms with Gasteiger partial charge in [0.1, 0.15) is 0 Å². The zero-order valence-corrected chi connectivity index (χ0v) is 16.4. The monoisotopic (exact) mass is 348 g/mol. The van der Waals surface area contributed by atoms with Crippen LogP contribution in [0.2, 0.25) is 0 Å². The van der Waals surface area contributed by atoms with Crippen LogP contribution in [0.3, 0.4) is 0 Å². The quantitative estimate of drug-likeness (QED) is 0.327. The van der Waals surface area contributed by atoms with Crippen LogP contribution in [0, 0.1) is 5.92 Å². The molecule has 0 saturated heterocycles. The van der Waals surface area contributed by atoms with Gasteiger partial charge in [-0.05, 0) is 24.4 Å². The Bertz CT molecular complexity index is 383. The molecule has 0 heterocycles. The van der Waals surface area contributed by atoms with Gasteiger partial charge >= 0.3 is 0 Å². The highest BCUT2D eigenvalue weighted by atomic mass is 15.0. The summed E-state index contributed by atoms with van der Waals surface area (Å²) in [6, 6.07) is 10.5. The van der Waals surface area contributed by atoms with E-state index in [4.69, 9.17) is 0 Å². The van der Waals surface area contributed by atoms with Gasteiger partial charge in [0.25, 0.3) is 0 Å². The van der Waals surface area contributed by atoms with E-state index in [9.17, 15) is 0 Å². The van der Waals surface area contributed by atoms with Crippen LogP contribution in [-0.4, -0.2) is 45.8 Å². The minimum absolute atomic E-state index is 0.852. The predicted molar refractivity (Wildman–Crippen MR) is 110 cm³/mol. The lowest BCUT2D eigenvalue weighted by Gasteiger charge is -2.15. The fraction of sp³-hybridized carbons (Fsp3) is 0.714. The molecule has 0 aliphatic rings. The van der Waals surface area contributed by atoms with E-state index in [1.165, 1.54) is 37.8 Å². The van der Waals surface area contributed by atoms with Gasteiger partial charge in [-0.25, -0.2) is 0 Å². The molecular weight excluding hydrogens is 308 g/mol. The Labute approximate surface area is 155 Å². The Kier molecular flexibility index (Phi) is 14.6. The molecule has 0 aliphatic carbocycles. The summed E-state index contributed by atoms with van der Waals surface area (Å²) in [6.45, 7) is 12.9. The Morgan fingerprint density at radius 1 is 0.760 bits per heavy atom. The van der Waals surface area contributed by atoms with Gasteiger partial charge < -0.3 is 21.3 Å². The van der Waals surface area contributed by atoms with E-state index < -0.39 is 0 Å². The van der Waals surface area contributed by atoms with E-state index in [0.717, 1.165) is 51.7 Å². The smallest absolute Gasteiger partial charge is 0.0206 e. The molecule has 144 valence electrons. The van der Waals surface area contributed by atoms with Gasteiger partial charge in [-0.2, -0.15) is 0 Å². The molecular formula is C21H40N4. The third-order valence-electron chi connectivity index (χ3n) is 4.58. The van der Waals surface area contributed by atoms with Crippen LogP contribution in [-0.2, 0) is 6.54 Å². The highest BCUT2D eigenvalue weighted by Gasteiger charge is 2.04. The first-order valence-electron chi connectivity index (χ1n) is 10.2. The molecule has 0 fully saturated rings. The van der Waals surface area contributed by atoms with E-state index in [1.54, 1.807) is 0 Å². The number of unbranched alkanes of at least 4 members (excludes halogenated alkanes) is 1. The van der Waals surface area contributed by atoms with Crippen molar-refractivity contribution in [1.29, 1.82) is 0 Å². The van der Waals surface area contributed by atoms with Gasteiger partial charge in [-0.15, -0.1) is 0 Å². The Morgan fingerprint density at radius 2 is 1.36 bits per heavy atom. The van der Waals surface area contributed by atoms with E-state index in [2.05, 4.69) is 65.4 Å². The molecule has 25 heavy (non-hydrogen) atoms. The number of rotatable bonds is 17. The number of benzene rings is 1. The largest absolute Gasteiger partial charge is 0.315 e. The molecule has 0 saturated carbocycles. The van der Waals surface area contributed by atoms with E-state index in [1.807, 2.05) is 0 Å². The summed E-state index contributed by atoms with van der Waals surface area (Å²) in [5.41, 5.74) is 1.34. The van der Waals surface area contributed by atoms with E-state index >= 15 is 0 Å². The highest BCUT2D eigenvalue weighted by Crippen LogP contribution is 2.10. The van der Waals surface area contributed by atoms with Crippen LogP contribution in [0.1, 0.15) is 45.1 Å². The third kappa shape index (κ3) is 13.0. The fourth-order valence-electron chi connectivity index (χ4n) is 2.86. The van der Waals surface area contributed by atoms with Crippen LogP contribution < -0.4 is 21.3 Å². The second kappa shape index (κ2) is 16.5. The zero-order chi connectivity index (χ0) is 18.0. The van der Waals surface area contributed by atoms with Crippen LogP contribution in [0.15, 0.2) is 30.3 Å². The third-order valence-corrected chi connectivity index (χ3v) is 4.58. The van der Waals surface area contributed by atoms with E-state index in [-0.39, 0.29) is 0 Å². The SMILES string of the molecule is CCCCC(CC)CNCCNCCNCCNCc1ccccc1. The van der Waals surface area contributed by atoms with Crippen molar-refractivity contribution in [3.05, 3.63) is 35.9 Å². The molecule has 1 unspecified atom stereocenters. The molecule has 0 aromatic heterocycles. The van der Waals surface area contributed by atoms with Crippen LogP contribution in [0.5, 0.6) is 0 Å². The van der Waals surface area contributed by atoms with Crippen LogP contribution in [0.25, 0.3) is 0 Å². The first-order valence-corrected chi connectivity index (χ1v) is 10.2. The molecule has 4 N–H and O–H groups in total. The maximum atomic E-state index is 3.59. The first-order chi connectivity index (χ1) is 12.4. The van der Waals surface area contributed by atoms with Crippen molar-refractivity contribution >= 4 is 0 Å². The van der Waals surface area contributed by atoms with Crippen LogP contribution >= 0.6 is 0 Å². The maximum absolute atomic E-state index is 3.59. The lowest BCUT2D eigenvalue weighted by molar-refractivity contribution is 0.418. The van der Waals surface area contributed by atoms with Crippen molar-refractivity contribution in [1.82, 2.24) is 21.3 Å². The molecule has 1 rings (SSSR count). The molecule has 0 spiro atoms. The summed E-state index contributed by atoms with van der Waals surface area (Å²) in [5, 5.41) is 14.0. The summed E-state index contributed by atoms with van der Waals surface area (Å²) in [7, 11) is 0. The van der Waals surface area contributed by atoms with Gasteiger partial charge in [-0.3, -0.25) is 0 Å². The highest BCUT2D eigenvalue weighted by molar-refractivity contribution is 5.14. The summed E-state index contributed by atoms with van der Waals surface area (Å²) in [5.74, 6) is 0.852. The number of hydrogen-bond donors (Lipinski definition) is 4. The second-order valence-corrected chi connectivity index (χ2v) is 6.78. The fourth-order valence-corrected chi connectivity index (χ4v) is 2.86. The molecule has 4 heteroatoms. The molecule has 1 atom stereocenters. The molecule has 1 aromatic carbocycles. The lowest BCUT2D eigenvalue weighted by Crippen LogP contribution is -2.35. The van der Waals surface area contributed by atoms with Crippen LogP contribution in [0.4, 0.5) is 0 Å². The van der Waals surface area contributed by atoms with Gasteiger partial charge in [0.15, 0.2) is 0 Å². The van der Waals surface area contributed by atoms with Crippen molar-refractivity contribution in [2.75, 3.05) is 45.8 Å². The van der Waals surface area contributed by atoms with Crippen molar-refractivity contribution in [3.63, 3.8) is 0 Å². The van der Waals surface area contributed by atoms with Crippen molar-refractivity contribution in [2.45, 2.75) is 46.1 Å². The van der Waals surface area contributed by atoms with Gasteiger partial charge in [0.2, 0.25) is 0 Å². The Balaban J connectivity index is 1.80. The minimum atomic E-state index is 0.852. The normalized spacial score (nSPS) is 12.4. The standard InChI is InChI=1S/C21H40N4/c1-3-5-9-20(4-2)18-24-16-14-22-12-13-23-15-17-25-19-21-10-7-6-8-11-21/h6-8,10-11,20,22-25H,3-5,9,12-19H2,1-2H3. The average Bonchev–Trinajstić information content (AvgIpc) is 2.66. The molecule has 0 bridgehead atoms. The van der Waals surface area contributed by atoms with Crippen molar-refractivity contribution in [2.24, 2.45) is 5.92 Å². The average molecular weight is 349 g/mol. The van der Waals surface area contributed by atoms with Crippen molar-refractivity contribution < 1.29 is 0 Å². The molecule has 4 nitrogen and oxygen atoms in total. The molecule has 0 aliphatic heterocycles. The zero-order valence-electron chi connectivity index (χ0n) is 16.4. The van der Waals surface area contributed by atoms with Crippen molar-refractivity contribution in [3.8, 4) is 0 Å². The first kappa shape index (κ1) is 22.1. The van der Waals surface area contributed by atoms with Gasteiger partial charge in [0.05, 0.1) is 0 Å². The summed E-state index contributed by atoms with van der Waals surface area (Å²) >= 11 is 0. The Hall–Kier alpha value is -0.940. The lowest BCUT2D eigenvalue weighted by atomic mass is 9.99. The summed E-state index contributed by atoms with van der Waals surface area (Å²) < 4.78 is 0. The summed E-state index contributed by atoms with van der Waals surface area (Å²) in [4.78, 5) is 0. The Morgan fingerprint density at radius 3 is 1.96 bits per heavy atom. The predicted octanol–water partition coefficient (Wildman–Crippen LogP) is 2.76. The maximum Gasteiger partial charge on any atom is 0.0206 e. The number of hydrogen-bond acceptors (Lipinski definition) is 4. The minimum Gasteiger partial charge on any atom is -0.315 e. The van der Waals surface area contributed by atoms with E-state index in [0.29, 0.717) is 0 Å². The molecule has 0 radical (unpaired) electrons. The molecule has 0 amide bonds. The molecule has 1 aromatic rings. The topological polar surface area (TPSA) is 48.1 Å². The van der Waals surface area contributed by atoms with Gasteiger partial charge in [0, 0.05) is 45.8 Å². The van der Waals surface area contributed by atoms with Gasteiger partial charge in [-0.1, -0.05) is 63.4 Å². The summed E-state index contributed by atoms with van der Waals surface area (Å²) in [6.07, 6.45) is 5.34. The number of nitrogens with one attached hydrogen (secondary N) is 4. The second-order valence-electron chi connectivity index (χ2n) is 6.78.